The van der Waals surface area contributed by atoms with E-state index in [1.54, 1.807) is 24.3 Å². The number of ether oxygens (including phenoxy) is 1. The first kappa shape index (κ1) is 41.9. The van der Waals surface area contributed by atoms with Gasteiger partial charge in [-0.3, -0.25) is 24.6 Å². The Bertz CT molecular complexity index is 1750. The van der Waals surface area contributed by atoms with Crippen LogP contribution in [-0.4, -0.2) is 117 Å². The molecule has 1 aliphatic carbocycles. The second-order valence-electron chi connectivity index (χ2n) is 13.2. The third kappa shape index (κ3) is 11.3. The Kier molecular flexibility index (Phi) is 16.4. The molecule has 3 aliphatic rings. The molecule has 2 heterocycles. The fourth-order valence-electron chi connectivity index (χ4n) is 6.01. The molecule has 1 amide bonds. The molecule has 3 aromatic rings. The van der Waals surface area contributed by atoms with Crippen molar-refractivity contribution in [2.24, 2.45) is 0 Å². The molecule has 3 aromatic carbocycles. The minimum atomic E-state index is -0.717. The lowest BCUT2D eigenvalue weighted by atomic mass is 9.96. The van der Waals surface area contributed by atoms with Crippen LogP contribution >= 0.6 is 11.8 Å². The molecular formula is C39H50N6O8S. The van der Waals surface area contributed by atoms with Crippen LogP contribution in [0, 0.1) is 10.1 Å². The minimum Gasteiger partial charge on any atom is -0.490 e. The molecule has 0 radical (unpaired) electrons. The lowest BCUT2D eigenvalue weighted by Crippen LogP contribution is -2.46. The third-order valence-electron chi connectivity index (χ3n) is 9.29. The lowest BCUT2D eigenvalue weighted by Gasteiger charge is -2.36. The summed E-state index contributed by atoms with van der Waals surface area (Å²) in [6.07, 6.45) is 7.01. The van der Waals surface area contributed by atoms with Crippen LogP contribution in [0.2, 0.25) is 0 Å². The molecule has 0 aromatic heterocycles. The number of aldehydes is 3. The molecule has 1 atom stereocenters. The monoisotopic (exact) mass is 762 g/mol. The number of non-ortho nitro benzene ring substituents is 1. The van der Waals surface area contributed by atoms with Gasteiger partial charge in [0.05, 0.1) is 34.0 Å². The van der Waals surface area contributed by atoms with E-state index in [0.29, 0.717) is 25.0 Å². The number of anilines is 3. The predicted molar refractivity (Wildman–Crippen MR) is 210 cm³/mol. The first-order chi connectivity index (χ1) is 26.1. The second kappa shape index (κ2) is 21.2. The molecule has 2 aliphatic heterocycles. The SMILES string of the molecule is CN(C(=O)c1cc(N2CCN(CCCO)CC2)ccc1C=O)C(C=O)CCC=O.CNC.O=[N+]([O-])c1ccc2c(c1)Sc1cc(OC3CCC3)ccc1N2. The average molecular weight is 763 g/mol. The Balaban J connectivity index is 0.000000230. The maximum atomic E-state index is 13.0. The van der Waals surface area contributed by atoms with Gasteiger partial charge in [0.25, 0.3) is 11.6 Å². The minimum absolute atomic E-state index is 0.110. The summed E-state index contributed by atoms with van der Waals surface area (Å²) in [6.45, 7) is 4.32. The molecule has 3 N–H and O–H groups in total. The van der Waals surface area contributed by atoms with E-state index >= 15 is 0 Å². The highest BCUT2D eigenvalue weighted by atomic mass is 32.2. The van der Waals surface area contributed by atoms with Gasteiger partial charge in [0, 0.05) is 86.0 Å². The highest BCUT2D eigenvalue weighted by Crippen LogP contribution is 2.46. The summed E-state index contributed by atoms with van der Waals surface area (Å²) in [7, 11) is 5.26. The van der Waals surface area contributed by atoms with E-state index in [1.165, 1.54) is 36.2 Å². The van der Waals surface area contributed by atoms with Crippen LogP contribution in [0.3, 0.4) is 0 Å². The number of carbonyl (C=O) groups is 4. The van der Waals surface area contributed by atoms with Gasteiger partial charge < -0.3 is 39.9 Å². The van der Waals surface area contributed by atoms with E-state index in [2.05, 4.69) is 20.4 Å². The van der Waals surface area contributed by atoms with E-state index < -0.39 is 11.9 Å². The van der Waals surface area contributed by atoms with Crippen LogP contribution in [0.25, 0.3) is 0 Å². The first-order valence-electron chi connectivity index (χ1n) is 18.1. The van der Waals surface area contributed by atoms with E-state index in [4.69, 9.17) is 9.84 Å². The smallest absolute Gasteiger partial charge is 0.270 e. The van der Waals surface area contributed by atoms with Gasteiger partial charge in [0.1, 0.15) is 18.3 Å². The number of aliphatic hydroxyl groups excluding tert-OH is 1. The van der Waals surface area contributed by atoms with Crippen LogP contribution in [-0.2, 0) is 9.59 Å². The normalized spacial score (nSPS) is 15.2. The largest absolute Gasteiger partial charge is 0.490 e. The average Bonchev–Trinajstić information content (AvgIpc) is 3.17. The molecule has 6 rings (SSSR count). The number of nitro benzene ring substituents is 1. The molecular weight excluding hydrogens is 713 g/mol. The molecule has 290 valence electrons. The zero-order valence-electron chi connectivity index (χ0n) is 31.1. The van der Waals surface area contributed by atoms with Gasteiger partial charge in [-0.2, -0.15) is 0 Å². The van der Waals surface area contributed by atoms with Crippen LogP contribution in [0.4, 0.5) is 22.7 Å². The maximum Gasteiger partial charge on any atom is 0.270 e. The number of rotatable bonds is 14. The lowest BCUT2D eigenvalue weighted by molar-refractivity contribution is -0.385. The Morgan fingerprint density at radius 1 is 1.06 bits per heavy atom. The van der Waals surface area contributed by atoms with Crippen molar-refractivity contribution in [2.45, 2.75) is 60.5 Å². The third-order valence-corrected chi connectivity index (χ3v) is 10.4. The Morgan fingerprint density at radius 2 is 1.74 bits per heavy atom. The number of nitro groups is 1. The van der Waals surface area contributed by atoms with Crippen molar-refractivity contribution in [3.63, 3.8) is 0 Å². The highest BCUT2D eigenvalue weighted by Gasteiger charge is 2.25. The van der Waals surface area contributed by atoms with Crippen molar-refractivity contribution in [3.8, 4) is 5.75 Å². The van der Waals surface area contributed by atoms with Gasteiger partial charge in [0.15, 0.2) is 6.29 Å². The zero-order chi connectivity index (χ0) is 39.0. The molecule has 0 bridgehead atoms. The van der Waals surface area contributed by atoms with Gasteiger partial charge in [-0.25, -0.2) is 0 Å². The van der Waals surface area contributed by atoms with Crippen molar-refractivity contribution >= 4 is 59.3 Å². The van der Waals surface area contributed by atoms with Gasteiger partial charge in [-0.05, 0) is 88.7 Å². The summed E-state index contributed by atoms with van der Waals surface area (Å²) in [5, 5.41) is 25.9. The van der Waals surface area contributed by atoms with Crippen LogP contribution < -0.4 is 20.3 Å². The molecule has 14 nitrogen and oxygen atoms in total. The number of amides is 1. The quantitative estimate of drug-likeness (QED) is 0.0871. The van der Waals surface area contributed by atoms with E-state index in [-0.39, 0.29) is 41.2 Å². The maximum absolute atomic E-state index is 13.0. The Labute approximate surface area is 320 Å². The summed E-state index contributed by atoms with van der Waals surface area (Å²) in [6, 6.07) is 15.3. The number of carbonyl (C=O) groups excluding carboxylic acids is 4. The molecule has 2 fully saturated rings. The highest BCUT2D eigenvalue weighted by molar-refractivity contribution is 7.99. The molecule has 15 heteroatoms. The zero-order valence-corrected chi connectivity index (χ0v) is 31.9. The standard InChI is InChI=1S/C21H29N3O5.C16H14N2O3S.C2H7N/c1-22(19(16-28)4-2-12-25)21(29)20-14-18(6-5-17(20)15-27)24-10-8-23(9-11-24)7-3-13-26;19-18(20)10-4-6-13-15(8-10)22-16-9-12(5-7-14(16)17-13)21-11-2-1-3-11;1-3-2/h5-6,12,14-16,19,26H,2-4,7-11,13H2,1H3;4-9,11,17H,1-3H2;3H,1-2H3. The van der Waals surface area contributed by atoms with Gasteiger partial charge in [0.2, 0.25) is 0 Å². The molecule has 1 saturated carbocycles. The van der Waals surface area contributed by atoms with Gasteiger partial charge in [-0.15, -0.1) is 0 Å². The van der Waals surface area contributed by atoms with Crippen molar-refractivity contribution < 1.29 is 33.9 Å². The number of hydrogen-bond donors (Lipinski definition) is 3. The fraction of sp³-hybridized carbons (Fsp3) is 0.436. The first-order valence-corrected chi connectivity index (χ1v) is 18.9. The number of fused-ring (bicyclic) bond motifs is 2. The van der Waals surface area contributed by atoms with E-state index in [0.717, 1.165) is 84.6 Å². The summed E-state index contributed by atoms with van der Waals surface area (Å²) >= 11 is 1.53. The van der Waals surface area contributed by atoms with Gasteiger partial charge >= 0.3 is 0 Å². The molecule has 0 spiro atoms. The second-order valence-corrected chi connectivity index (χ2v) is 14.2. The number of nitrogens with one attached hydrogen (secondary N) is 2. The number of nitrogens with zero attached hydrogens (tertiary/aromatic N) is 4. The summed E-state index contributed by atoms with van der Waals surface area (Å²) in [5.74, 6) is 0.449. The number of hydrogen-bond acceptors (Lipinski definition) is 13. The number of likely N-dealkylation sites (N-methyl/N-ethyl adjacent to an activating group) is 1. The predicted octanol–water partition coefficient (Wildman–Crippen LogP) is 5.19. The molecule has 54 heavy (non-hydrogen) atoms. The van der Waals surface area contributed by atoms with Crippen molar-refractivity contribution in [3.05, 3.63) is 75.8 Å². The fourth-order valence-corrected chi connectivity index (χ4v) is 7.06. The summed E-state index contributed by atoms with van der Waals surface area (Å²) in [5.41, 5.74) is 3.39. The van der Waals surface area contributed by atoms with Crippen molar-refractivity contribution in [1.82, 2.24) is 15.1 Å². The van der Waals surface area contributed by atoms with Crippen LogP contribution in [0.1, 0.15) is 59.2 Å². The van der Waals surface area contributed by atoms with Crippen LogP contribution in [0.5, 0.6) is 5.75 Å². The van der Waals surface area contributed by atoms with E-state index in [9.17, 15) is 29.3 Å². The van der Waals surface area contributed by atoms with Crippen molar-refractivity contribution in [1.29, 1.82) is 0 Å². The van der Waals surface area contributed by atoms with Crippen LogP contribution in [0.15, 0.2) is 64.4 Å². The Morgan fingerprint density at radius 3 is 2.33 bits per heavy atom. The van der Waals surface area contributed by atoms with Gasteiger partial charge in [-0.1, -0.05) is 11.8 Å². The number of aliphatic hydroxyl groups is 1. The Hall–Kier alpha value is -4.83. The summed E-state index contributed by atoms with van der Waals surface area (Å²) < 4.78 is 5.92. The van der Waals surface area contributed by atoms with E-state index in [1.807, 2.05) is 38.4 Å². The number of piperazine rings is 1. The topological polar surface area (TPSA) is 175 Å². The van der Waals surface area contributed by atoms with Crippen molar-refractivity contribution in [2.75, 3.05) is 70.7 Å². The molecule has 1 saturated heterocycles. The molecule has 1 unspecified atom stereocenters. The summed E-state index contributed by atoms with van der Waals surface area (Å²) in [4.78, 5) is 64.5. The number of benzene rings is 3.